The molecule has 0 bridgehead atoms. The Labute approximate surface area is 199 Å². The number of fused-ring (bicyclic) bond motifs is 1. The number of carboxylic acid groups (broad SMARTS) is 1. The van der Waals surface area contributed by atoms with Gasteiger partial charge in [-0.15, -0.1) is 0 Å². The Kier molecular flexibility index (Phi) is 6.30. The van der Waals surface area contributed by atoms with Crippen molar-refractivity contribution in [2.24, 2.45) is 0 Å². The lowest BCUT2D eigenvalue weighted by atomic mass is 10.1. The summed E-state index contributed by atoms with van der Waals surface area (Å²) in [6, 6.07) is 1.76. The number of alkyl halides is 5. The van der Waals surface area contributed by atoms with Crippen molar-refractivity contribution in [1.82, 2.24) is 14.4 Å². The first kappa shape index (κ1) is 24.6. The van der Waals surface area contributed by atoms with Crippen LogP contribution in [0.3, 0.4) is 0 Å². The standard InChI is InChI=1S/C21H17ClF5N5O3/c22-11-8-13(16(21(25,26)27)30-17-12(19(34)35)2-1-5-28-17)18-29-14(9-15(33)32(18)10-11)31-6-3-20(23,24)4-7-31/h1-2,5,8-10,16H,3-4,6-7H2,(H,28,30)(H,34,35)/t16-/m0/s1. The van der Waals surface area contributed by atoms with Gasteiger partial charge in [-0.05, 0) is 18.2 Å². The van der Waals surface area contributed by atoms with Gasteiger partial charge in [0.15, 0.2) is 6.04 Å². The molecule has 4 rings (SSSR count). The molecule has 0 unspecified atom stereocenters. The predicted octanol–water partition coefficient (Wildman–Crippen LogP) is 4.39. The molecule has 1 aliphatic heterocycles. The Morgan fingerprint density at radius 2 is 1.91 bits per heavy atom. The molecule has 2 N–H and O–H groups in total. The maximum absolute atomic E-state index is 14.2. The molecular formula is C21H17ClF5N5O3. The van der Waals surface area contributed by atoms with Gasteiger partial charge < -0.3 is 15.3 Å². The zero-order valence-corrected chi connectivity index (χ0v) is 18.4. The Morgan fingerprint density at radius 3 is 2.54 bits per heavy atom. The van der Waals surface area contributed by atoms with Crippen LogP contribution in [0.25, 0.3) is 5.65 Å². The highest BCUT2D eigenvalue weighted by Gasteiger charge is 2.43. The molecule has 8 nitrogen and oxygen atoms in total. The largest absolute Gasteiger partial charge is 0.478 e. The molecule has 0 aliphatic carbocycles. The summed E-state index contributed by atoms with van der Waals surface area (Å²) in [6.45, 7) is -0.287. The van der Waals surface area contributed by atoms with Gasteiger partial charge >= 0.3 is 12.1 Å². The summed E-state index contributed by atoms with van der Waals surface area (Å²) in [5.41, 5.74) is -2.27. The Morgan fingerprint density at radius 1 is 1.23 bits per heavy atom. The third-order valence-electron chi connectivity index (χ3n) is 5.52. The molecule has 0 spiro atoms. The van der Waals surface area contributed by atoms with Crippen LogP contribution in [-0.2, 0) is 0 Å². The molecular weight excluding hydrogens is 501 g/mol. The second-order valence-electron chi connectivity index (χ2n) is 7.93. The minimum absolute atomic E-state index is 0.0564. The smallest absolute Gasteiger partial charge is 0.412 e. The Balaban J connectivity index is 1.86. The summed E-state index contributed by atoms with van der Waals surface area (Å²) in [7, 11) is 0. The summed E-state index contributed by atoms with van der Waals surface area (Å²) in [5, 5.41) is 11.2. The van der Waals surface area contributed by atoms with Gasteiger partial charge in [0.1, 0.15) is 22.8 Å². The zero-order chi connectivity index (χ0) is 25.5. The van der Waals surface area contributed by atoms with Crippen LogP contribution in [0, 0.1) is 0 Å². The molecule has 14 heteroatoms. The highest BCUT2D eigenvalue weighted by Crippen LogP contribution is 2.38. The van der Waals surface area contributed by atoms with Crippen molar-refractivity contribution >= 4 is 34.9 Å². The predicted molar refractivity (Wildman–Crippen MR) is 116 cm³/mol. The van der Waals surface area contributed by atoms with E-state index in [4.69, 9.17) is 11.6 Å². The lowest BCUT2D eigenvalue weighted by Gasteiger charge is -2.32. The zero-order valence-electron chi connectivity index (χ0n) is 17.7. The van der Waals surface area contributed by atoms with Crippen molar-refractivity contribution in [2.75, 3.05) is 23.3 Å². The summed E-state index contributed by atoms with van der Waals surface area (Å²) >= 11 is 6.01. The molecule has 3 aromatic heterocycles. The molecule has 1 fully saturated rings. The Hall–Kier alpha value is -3.48. The first-order chi connectivity index (χ1) is 16.4. The number of nitrogens with one attached hydrogen (secondary N) is 1. The van der Waals surface area contributed by atoms with Crippen LogP contribution < -0.4 is 15.8 Å². The second-order valence-corrected chi connectivity index (χ2v) is 8.36. The highest BCUT2D eigenvalue weighted by molar-refractivity contribution is 6.30. The van der Waals surface area contributed by atoms with E-state index in [9.17, 15) is 36.6 Å². The second kappa shape index (κ2) is 8.95. The van der Waals surface area contributed by atoms with Crippen LogP contribution in [0.1, 0.15) is 34.8 Å². The third-order valence-corrected chi connectivity index (χ3v) is 5.73. The third kappa shape index (κ3) is 5.14. The van der Waals surface area contributed by atoms with Crippen LogP contribution in [0.5, 0.6) is 0 Å². The maximum atomic E-state index is 14.2. The number of halogens is 6. The number of pyridine rings is 2. The first-order valence-electron chi connectivity index (χ1n) is 10.2. The fourth-order valence-corrected chi connectivity index (χ4v) is 4.00. The molecule has 3 aromatic rings. The quantitative estimate of drug-likeness (QED) is 0.484. The van der Waals surface area contributed by atoms with Gasteiger partial charge in [0.25, 0.3) is 11.5 Å². The molecule has 0 amide bonds. The van der Waals surface area contributed by atoms with Gasteiger partial charge in [0.05, 0.1) is 5.02 Å². The molecule has 4 heterocycles. The summed E-state index contributed by atoms with van der Waals surface area (Å²) in [4.78, 5) is 33.5. The van der Waals surface area contributed by atoms with Gasteiger partial charge in [-0.2, -0.15) is 13.2 Å². The number of hydrogen-bond donors (Lipinski definition) is 2. The number of aromatic nitrogens is 3. The van der Waals surface area contributed by atoms with Crippen molar-refractivity contribution in [3.05, 3.63) is 63.2 Å². The number of rotatable bonds is 5. The average Bonchev–Trinajstić information content (AvgIpc) is 2.77. The van der Waals surface area contributed by atoms with Crippen molar-refractivity contribution in [3.8, 4) is 0 Å². The van der Waals surface area contributed by atoms with Crippen molar-refractivity contribution in [1.29, 1.82) is 0 Å². The highest BCUT2D eigenvalue weighted by atomic mass is 35.5. The van der Waals surface area contributed by atoms with E-state index < -0.39 is 65.1 Å². The number of hydrogen-bond acceptors (Lipinski definition) is 6. The van der Waals surface area contributed by atoms with Gasteiger partial charge in [-0.3, -0.25) is 9.20 Å². The molecule has 1 atom stereocenters. The topological polar surface area (TPSA) is 99.8 Å². The van der Waals surface area contributed by atoms with E-state index in [1.54, 1.807) is 0 Å². The molecule has 35 heavy (non-hydrogen) atoms. The van der Waals surface area contributed by atoms with Crippen molar-refractivity contribution in [3.63, 3.8) is 0 Å². The maximum Gasteiger partial charge on any atom is 0.412 e. The van der Waals surface area contributed by atoms with Crippen LogP contribution in [0.15, 0.2) is 41.5 Å². The first-order valence-corrected chi connectivity index (χ1v) is 10.6. The minimum Gasteiger partial charge on any atom is -0.478 e. The van der Waals surface area contributed by atoms with Gasteiger partial charge in [-0.25, -0.2) is 23.5 Å². The lowest BCUT2D eigenvalue weighted by molar-refractivity contribution is -0.143. The number of aromatic carboxylic acids is 1. The molecule has 186 valence electrons. The van der Waals surface area contributed by atoms with Crippen LogP contribution in [-0.4, -0.2) is 50.6 Å². The van der Waals surface area contributed by atoms with E-state index in [0.717, 1.165) is 35.0 Å². The van der Waals surface area contributed by atoms with E-state index >= 15 is 0 Å². The summed E-state index contributed by atoms with van der Waals surface area (Å²) in [6.07, 6.45) is -3.79. The average molecular weight is 518 g/mol. The minimum atomic E-state index is -5.00. The van der Waals surface area contributed by atoms with Gasteiger partial charge in [0.2, 0.25) is 0 Å². The van der Waals surface area contributed by atoms with Crippen LogP contribution in [0.2, 0.25) is 5.02 Å². The molecule has 0 saturated carbocycles. The number of carbonyl (C=O) groups is 1. The van der Waals surface area contributed by atoms with Crippen molar-refractivity contribution in [2.45, 2.75) is 31.0 Å². The van der Waals surface area contributed by atoms with E-state index in [-0.39, 0.29) is 23.9 Å². The molecule has 1 saturated heterocycles. The lowest BCUT2D eigenvalue weighted by Crippen LogP contribution is -2.40. The number of anilines is 2. The van der Waals surface area contributed by atoms with Crippen LogP contribution in [0.4, 0.5) is 33.6 Å². The molecule has 0 aromatic carbocycles. The van der Waals surface area contributed by atoms with E-state index in [1.807, 2.05) is 0 Å². The van der Waals surface area contributed by atoms with E-state index in [2.05, 4.69) is 15.3 Å². The fourth-order valence-electron chi connectivity index (χ4n) is 3.78. The molecule has 1 aliphatic rings. The normalized spacial score (nSPS) is 16.8. The summed E-state index contributed by atoms with van der Waals surface area (Å²) in [5.74, 6) is -5.00. The van der Waals surface area contributed by atoms with Gasteiger partial charge in [0, 0.05) is 50.0 Å². The van der Waals surface area contributed by atoms with Gasteiger partial charge in [-0.1, -0.05) is 11.6 Å². The van der Waals surface area contributed by atoms with E-state index in [0.29, 0.717) is 0 Å². The Bertz CT molecular complexity index is 1340. The summed E-state index contributed by atoms with van der Waals surface area (Å²) < 4.78 is 70.6. The molecule has 0 radical (unpaired) electrons. The number of nitrogens with zero attached hydrogens (tertiary/aromatic N) is 4. The monoisotopic (exact) mass is 517 g/mol. The fraction of sp³-hybridized carbons (Fsp3) is 0.333. The number of piperidine rings is 1. The number of carboxylic acids is 1. The van der Waals surface area contributed by atoms with E-state index in [1.165, 1.54) is 11.0 Å². The SMILES string of the molecule is O=C(O)c1cccnc1N[C@@H](c1cc(Cl)cn2c(=O)cc(N3CCC(F)(F)CC3)nc12)C(F)(F)F. The van der Waals surface area contributed by atoms with Crippen molar-refractivity contribution < 1.29 is 31.9 Å². The van der Waals surface area contributed by atoms with Crippen LogP contribution >= 0.6 is 11.6 Å².